The second-order valence-corrected chi connectivity index (χ2v) is 13.0. The van der Waals surface area contributed by atoms with E-state index in [-0.39, 0.29) is 23.7 Å². The molecule has 5 nitrogen and oxygen atoms in total. The lowest BCUT2D eigenvalue weighted by Crippen LogP contribution is -2.47. The molecule has 0 bridgehead atoms. The minimum absolute atomic E-state index is 0.0597. The van der Waals surface area contributed by atoms with Crippen molar-refractivity contribution in [2.24, 2.45) is 0 Å². The Morgan fingerprint density at radius 3 is 2.23 bits per heavy atom. The first-order valence-corrected chi connectivity index (χ1v) is 12.0. The van der Waals surface area contributed by atoms with Gasteiger partial charge in [-0.05, 0) is 49.2 Å². The van der Waals surface area contributed by atoms with E-state index in [1.165, 1.54) is 0 Å². The Kier molecular flexibility index (Phi) is 8.31. The van der Waals surface area contributed by atoms with Gasteiger partial charge in [-0.1, -0.05) is 32.9 Å². The van der Waals surface area contributed by atoms with Crippen molar-refractivity contribution in [2.45, 2.75) is 77.5 Å². The number of hydrogen-bond donors (Lipinski definition) is 1. The third-order valence-electron chi connectivity index (χ3n) is 5.09. The summed E-state index contributed by atoms with van der Waals surface area (Å²) in [7, 11) is -0.375. The van der Waals surface area contributed by atoms with Crippen LogP contribution in [0.2, 0.25) is 18.1 Å². The summed E-state index contributed by atoms with van der Waals surface area (Å²) in [5.41, 5.74) is 1.04. The van der Waals surface area contributed by atoms with Gasteiger partial charge in [0.25, 0.3) is 0 Å². The highest BCUT2D eigenvalue weighted by Crippen LogP contribution is 2.38. The van der Waals surface area contributed by atoms with Crippen LogP contribution in [0.15, 0.2) is 24.3 Å². The molecular weight excluding hydrogens is 348 g/mol. The average molecular weight is 383 g/mol. The van der Waals surface area contributed by atoms with Crippen LogP contribution in [0.3, 0.4) is 0 Å². The van der Waals surface area contributed by atoms with E-state index in [1.807, 2.05) is 31.2 Å². The summed E-state index contributed by atoms with van der Waals surface area (Å²) in [6, 6.07) is 7.73. The van der Waals surface area contributed by atoms with Gasteiger partial charge < -0.3 is 19.0 Å². The summed E-state index contributed by atoms with van der Waals surface area (Å²) in [6.07, 6.45) is 0.108. The number of methoxy groups -OCH3 is 1. The number of hydrogen-bond acceptors (Lipinski definition) is 4. The highest BCUT2D eigenvalue weighted by Gasteiger charge is 2.40. The van der Waals surface area contributed by atoms with Gasteiger partial charge in [0, 0.05) is 6.42 Å². The molecule has 0 saturated carbocycles. The summed E-state index contributed by atoms with van der Waals surface area (Å²) in [5.74, 6) is -0.00132. The van der Waals surface area contributed by atoms with Crippen molar-refractivity contribution < 1.29 is 23.8 Å². The second-order valence-electron chi connectivity index (χ2n) is 8.21. The maximum absolute atomic E-state index is 11.0. The lowest BCUT2D eigenvalue weighted by Gasteiger charge is -2.40. The van der Waals surface area contributed by atoms with E-state index >= 15 is 0 Å². The van der Waals surface area contributed by atoms with Crippen molar-refractivity contribution in [3.63, 3.8) is 0 Å². The van der Waals surface area contributed by atoms with Crippen LogP contribution in [0, 0.1) is 0 Å². The molecule has 0 unspecified atom stereocenters. The molecule has 0 aliphatic heterocycles. The van der Waals surface area contributed by atoms with Gasteiger partial charge in [-0.25, -0.2) is 0 Å². The molecule has 0 aliphatic carbocycles. The molecule has 2 atom stereocenters. The van der Waals surface area contributed by atoms with E-state index in [2.05, 4.69) is 33.9 Å². The fourth-order valence-corrected chi connectivity index (χ4v) is 3.69. The molecule has 0 fully saturated rings. The van der Waals surface area contributed by atoms with Crippen LogP contribution in [0.1, 0.15) is 46.1 Å². The Hall–Kier alpha value is -1.37. The van der Waals surface area contributed by atoms with Gasteiger partial charge in [0.2, 0.25) is 0 Å². The van der Waals surface area contributed by atoms with E-state index in [4.69, 9.17) is 19.0 Å². The third kappa shape index (κ3) is 7.09. The smallest absolute Gasteiger partial charge is 0.303 e. The van der Waals surface area contributed by atoms with E-state index in [9.17, 15) is 4.79 Å². The normalized spacial score (nSPS) is 14.7. The number of benzene rings is 1. The van der Waals surface area contributed by atoms with E-state index < -0.39 is 14.3 Å². The lowest BCUT2D eigenvalue weighted by molar-refractivity contribution is -0.138. The molecule has 1 N–H and O–H groups in total. The first-order chi connectivity index (χ1) is 12.0. The number of aliphatic carboxylic acids is 1. The van der Waals surface area contributed by atoms with Crippen molar-refractivity contribution in [1.29, 1.82) is 0 Å². The predicted molar refractivity (Wildman–Crippen MR) is 106 cm³/mol. The predicted octanol–water partition coefficient (Wildman–Crippen LogP) is 4.86. The zero-order chi connectivity index (χ0) is 20.0. The summed E-state index contributed by atoms with van der Waals surface area (Å²) >= 11 is 0. The van der Waals surface area contributed by atoms with Gasteiger partial charge in [0.05, 0.1) is 25.9 Å². The molecule has 6 heteroatoms. The van der Waals surface area contributed by atoms with Crippen molar-refractivity contribution in [2.75, 3.05) is 7.11 Å². The maximum atomic E-state index is 11.0. The van der Waals surface area contributed by atoms with Crippen molar-refractivity contribution in [3.05, 3.63) is 29.8 Å². The van der Waals surface area contributed by atoms with Crippen LogP contribution in [-0.4, -0.2) is 38.7 Å². The van der Waals surface area contributed by atoms with Gasteiger partial charge in [-0.3, -0.25) is 4.79 Å². The van der Waals surface area contributed by atoms with E-state index in [1.54, 1.807) is 7.11 Å². The fraction of sp³-hybridized carbons (Fsp3) is 0.650. The number of ether oxygens (including phenoxy) is 2. The maximum Gasteiger partial charge on any atom is 0.303 e. The number of rotatable bonds is 10. The Morgan fingerprint density at radius 2 is 1.77 bits per heavy atom. The summed E-state index contributed by atoms with van der Waals surface area (Å²) in [6.45, 7) is 13.3. The molecule has 0 amide bonds. The van der Waals surface area contributed by atoms with Gasteiger partial charge in [0.1, 0.15) is 5.75 Å². The molecule has 1 aromatic rings. The molecule has 0 saturated heterocycles. The molecule has 26 heavy (non-hydrogen) atoms. The molecular formula is C20H34O5Si. The van der Waals surface area contributed by atoms with Crippen LogP contribution < -0.4 is 4.74 Å². The molecule has 0 spiro atoms. The molecule has 148 valence electrons. The minimum atomic E-state index is -2.01. The van der Waals surface area contributed by atoms with Crippen molar-refractivity contribution >= 4 is 14.3 Å². The third-order valence-corrected chi connectivity index (χ3v) is 9.59. The van der Waals surface area contributed by atoms with Gasteiger partial charge in [-0.2, -0.15) is 0 Å². The molecule has 0 heterocycles. The van der Waals surface area contributed by atoms with Crippen LogP contribution in [0.4, 0.5) is 0 Å². The summed E-state index contributed by atoms with van der Waals surface area (Å²) in [4.78, 5) is 11.0. The van der Waals surface area contributed by atoms with Crippen molar-refractivity contribution in [3.8, 4) is 5.75 Å². The Labute approximate surface area is 158 Å². The van der Waals surface area contributed by atoms with Gasteiger partial charge in [0.15, 0.2) is 8.32 Å². The number of carboxylic acids is 1. The molecule has 1 aromatic carbocycles. The van der Waals surface area contributed by atoms with Gasteiger partial charge >= 0.3 is 5.97 Å². The minimum Gasteiger partial charge on any atom is -0.497 e. The lowest BCUT2D eigenvalue weighted by atomic mass is 10.1. The van der Waals surface area contributed by atoms with E-state index in [0.29, 0.717) is 13.0 Å². The standard InChI is InChI=1S/C20H34O5Si/c1-15(24-14-16-8-10-17(23-5)11-9-16)18(12-13-19(21)22)25-26(6,7)20(2,3)4/h8-11,15,18H,12-14H2,1-7H3,(H,21,22)/t15-,18+/m0/s1. The first kappa shape index (κ1) is 22.7. The van der Waals surface area contributed by atoms with E-state index in [0.717, 1.165) is 11.3 Å². The first-order valence-electron chi connectivity index (χ1n) is 9.10. The Bertz CT molecular complexity index is 563. The fourth-order valence-electron chi connectivity index (χ4n) is 2.27. The zero-order valence-electron chi connectivity index (χ0n) is 17.2. The summed E-state index contributed by atoms with van der Waals surface area (Å²) < 4.78 is 17.7. The Morgan fingerprint density at radius 1 is 1.19 bits per heavy atom. The SMILES string of the molecule is COc1ccc(CO[C@@H](C)[C@@H](CCC(=O)O)O[Si](C)(C)C(C)(C)C)cc1. The van der Waals surface area contributed by atoms with Crippen molar-refractivity contribution in [1.82, 2.24) is 0 Å². The zero-order valence-corrected chi connectivity index (χ0v) is 18.2. The quantitative estimate of drug-likeness (QED) is 0.586. The summed E-state index contributed by atoms with van der Waals surface area (Å²) in [5, 5.41) is 9.12. The molecule has 1 rings (SSSR count). The van der Waals surface area contributed by atoms with Crippen LogP contribution in [0.25, 0.3) is 0 Å². The monoisotopic (exact) mass is 382 g/mol. The highest BCUT2D eigenvalue weighted by atomic mass is 28.4. The van der Waals surface area contributed by atoms with Crippen LogP contribution in [0.5, 0.6) is 5.75 Å². The average Bonchev–Trinajstić information content (AvgIpc) is 2.55. The van der Waals surface area contributed by atoms with Gasteiger partial charge in [-0.15, -0.1) is 0 Å². The molecule has 0 radical (unpaired) electrons. The largest absolute Gasteiger partial charge is 0.497 e. The number of carbonyl (C=O) groups is 1. The highest BCUT2D eigenvalue weighted by molar-refractivity contribution is 6.74. The number of carboxylic acid groups (broad SMARTS) is 1. The Balaban J connectivity index is 2.75. The second kappa shape index (κ2) is 9.53. The van der Waals surface area contributed by atoms with Crippen LogP contribution >= 0.6 is 0 Å². The topological polar surface area (TPSA) is 65.0 Å². The molecule has 0 aromatic heterocycles. The molecule has 0 aliphatic rings. The van der Waals surface area contributed by atoms with Crippen LogP contribution in [-0.2, 0) is 20.6 Å².